The number of rotatable bonds is 4. The smallest absolute Gasteiger partial charge is 0.260 e. The molecule has 4 nitrogen and oxygen atoms in total. The zero-order valence-electron chi connectivity index (χ0n) is 26.4. The average Bonchev–Trinajstić information content (AvgIpc) is 3.47. The summed E-state index contributed by atoms with van der Waals surface area (Å²) in [6, 6.07) is 40.8. The van der Waals surface area contributed by atoms with Crippen molar-refractivity contribution in [1.82, 2.24) is 9.55 Å². The van der Waals surface area contributed by atoms with E-state index in [4.69, 9.17) is 14.5 Å². The highest BCUT2D eigenvalue weighted by molar-refractivity contribution is 6.98. The lowest BCUT2D eigenvalue weighted by molar-refractivity contribution is 0.464. The Kier molecular flexibility index (Phi) is 5.95. The maximum Gasteiger partial charge on any atom is 0.260 e. The van der Waals surface area contributed by atoms with Crippen LogP contribution in [-0.2, 0) is 0 Å². The predicted octanol–water partition coefficient (Wildman–Crippen LogP) is 8.82. The monoisotopic (exact) mass is 596 g/mol. The standard InChI is InChI=1S/C41H33BN2O2/c1-24(2)28-13-9-14-29(25(3)4)39(28)44-40-30-12-6-5-11-26(30)19-21-33(40)43-41(44)27-20-22-35-32(23-27)42-31-15-7-8-16-34(31)45-36-17-10-18-37(46-35)38(36)42/h5-25H,1-4H3. The molecule has 0 spiro atoms. The first-order valence-corrected chi connectivity index (χ1v) is 16.2. The van der Waals surface area contributed by atoms with Crippen LogP contribution in [0.2, 0.25) is 0 Å². The molecule has 2 aliphatic rings. The lowest BCUT2D eigenvalue weighted by atomic mass is 9.35. The highest BCUT2D eigenvalue weighted by Gasteiger charge is 2.40. The zero-order valence-corrected chi connectivity index (χ0v) is 26.4. The van der Waals surface area contributed by atoms with Crippen molar-refractivity contribution in [3.05, 3.63) is 126 Å². The summed E-state index contributed by atoms with van der Waals surface area (Å²) in [5.41, 5.74) is 10.4. The number of nitrogens with zero attached hydrogens (tertiary/aromatic N) is 2. The topological polar surface area (TPSA) is 36.3 Å². The maximum absolute atomic E-state index is 6.56. The number of fused-ring (bicyclic) bond motifs is 7. The number of benzene rings is 6. The van der Waals surface area contributed by atoms with Gasteiger partial charge in [-0.15, -0.1) is 0 Å². The second-order valence-corrected chi connectivity index (χ2v) is 13.1. The molecular formula is C41H33BN2O2. The Balaban J connectivity index is 1.36. The minimum atomic E-state index is -0.00677. The van der Waals surface area contributed by atoms with Crippen molar-refractivity contribution in [2.75, 3.05) is 0 Å². The molecule has 0 bridgehead atoms. The Bertz CT molecular complexity index is 2310. The van der Waals surface area contributed by atoms with Gasteiger partial charge in [0.25, 0.3) is 6.71 Å². The van der Waals surface area contributed by atoms with E-state index in [0.29, 0.717) is 11.8 Å². The van der Waals surface area contributed by atoms with Crippen LogP contribution < -0.4 is 25.9 Å². The molecule has 7 aromatic rings. The lowest BCUT2D eigenvalue weighted by Gasteiger charge is -2.33. The van der Waals surface area contributed by atoms with E-state index in [1.165, 1.54) is 27.6 Å². The fourth-order valence-electron chi connectivity index (χ4n) is 7.54. The Morgan fingerprint density at radius 2 is 1.26 bits per heavy atom. The third-order valence-corrected chi connectivity index (χ3v) is 9.67. The molecule has 0 saturated heterocycles. The van der Waals surface area contributed by atoms with E-state index >= 15 is 0 Å². The van der Waals surface area contributed by atoms with Crippen LogP contribution >= 0.6 is 0 Å². The fourth-order valence-corrected chi connectivity index (χ4v) is 7.54. The summed E-state index contributed by atoms with van der Waals surface area (Å²) in [6.45, 7) is 9.13. The van der Waals surface area contributed by atoms with Gasteiger partial charge in [0, 0.05) is 16.4 Å². The normalized spacial score (nSPS) is 13.0. The third-order valence-electron chi connectivity index (χ3n) is 9.67. The molecule has 6 aromatic carbocycles. The van der Waals surface area contributed by atoms with Gasteiger partial charge >= 0.3 is 0 Å². The largest absolute Gasteiger partial charge is 0.458 e. The molecule has 0 fully saturated rings. The van der Waals surface area contributed by atoms with Crippen molar-refractivity contribution in [2.45, 2.75) is 39.5 Å². The first-order chi connectivity index (χ1) is 22.5. The summed E-state index contributed by atoms with van der Waals surface area (Å²) < 4.78 is 15.4. The van der Waals surface area contributed by atoms with Gasteiger partial charge in [0.05, 0.1) is 16.7 Å². The van der Waals surface area contributed by atoms with Crippen molar-refractivity contribution >= 4 is 44.9 Å². The van der Waals surface area contributed by atoms with E-state index in [1.54, 1.807) is 0 Å². The van der Waals surface area contributed by atoms with Crippen LogP contribution in [0.3, 0.4) is 0 Å². The first-order valence-electron chi connectivity index (χ1n) is 16.2. The van der Waals surface area contributed by atoms with Gasteiger partial charge in [0.15, 0.2) is 0 Å². The molecule has 1 aromatic heterocycles. The number of hydrogen-bond acceptors (Lipinski definition) is 3. The second kappa shape index (κ2) is 10.1. The van der Waals surface area contributed by atoms with Crippen molar-refractivity contribution in [1.29, 1.82) is 0 Å². The Morgan fingerprint density at radius 3 is 2.02 bits per heavy atom. The van der Waals surface area contributed by atoms with Crippen molar-refractivity contribution < 1.29 is 9.47 Å². The van der Waals surface area contributed by atoms with Gasteiger partial charge in [-0.05, 0) is 75.7 Å². The highest BCUT2D eigenvalue weighted by Crippen LogP contribution is 2.41. The molecule has 2 aliphatic heterocycles. The van der Waals surface area contributed by atoms with Crippen LogP contribution in [0, 0.1) is 0 Å². The summed E-state index contributed by atoms with van der Waals surface area (Å²) in [5, 5.41) is 2.41. The number of ether oxygens (including phenoxy) is 2. The van der Waals surface area contributed by atoms with Crippen LogP contribution in [0.4, 0.5) is 0 Å². The Morgan fingerprint density at radius 1 is 0.609 bits per heavy atom. The van der Waals surface area contributed by atoms with E-state index in [2.05, 4.69) is 123 Å². The highest BCUT2D eigenvalue weighted by atomic mass is 16.5. The molecule has 9 rings (SSSR count). The first kappa shape index (κ1) is 27.1. The predicted molar refractivity (Wildman–Crippen MR) is 190 cm³/mol. The molecular weight excluding hydrogens is 563 g/mol. The molecule has 0 unspecified atom stereocenters. The molecule has 0 N–H and O–H groups in total. The molecule has 0 saturated carbocycles. The van der Waals surface area contributed by atoms with Gasteiger partial charge in [-0.2, -0.15) is 0 Å². The summed E-state index contributed by atoms with van der Waals surface area (Å²) in [4.78, 5) is 5.43. The Labute approximate surface area is 269 Å². The summed E-state index contributed by atoms with van der Waals surface area (Å²) >= 11 is 0. The molecule has 5 heteroatoms. The maximum atomic E-state index is 6.56. The summed E-state index contributed by atoms with van der Waals surface area (Å²) in [6.07, 6.45) is 0. The fraction of sp³-hybridized carbons (Fsp3) is 0.146. The minimum absolute atomic E-state index is 0.00677. The second-order valence-electron chi connectivity index (χ2n) is 13.1. The van der Waals surface area contributed by atoms with Gasteiger partial charge in [0.1, 0.15) is 28.8 Å². The quantitative estimate of drug-likeness (QED) is 0.191. The van der Waals surface area contributed by atoms with E-state index in [1.807, 2.05) is 24.3 Å². The van der Waals surface area contributed by atoms with E-state index in [-0.39, 0.29) is 6.71 Å². The third kappa shape index (κ3) is 3.91. The molecule has 0 atom stereocenters. The van der Waals surface area contributed by atoms with Crippen LogP contribution in [0.5, 0.6) is 23.0 Å². The van der Waals surface area contributed by atoms with Crippen molar-refractivity contribution in [2.24, 2.45) is 0 Å². The average molecular weight is 597 g/mol. The number of aromatic nitrogens is 2. The van der Waals surface area contributed by atoms with Gasteiger partial charge in [0.2, 0.25) is 0 Å². The summed E-state index contributed by atoms with van der Waals surface area (Å²) in [7, 11) is 0. The molecule has 3 heterocycles. The number of para-hydroxylation sites is 2. The zero-order chi connectivity index (χ0) is 31.1. The van der Waals surface area contributed by atoms with Gasteiger partial charge in [-0.1, -0.05) is 107 Å². The SMILES string of the molecule is CC(C)c1cccc(C(C)C)c1-n1c(-c2ccc3c(c2)B2c4ccccc4Oc4cccc(c42)O3)nc2ccc3ccccc3c21. The van der Waals surface area contributed by atoms with E-state index in [9.17, 15) is 0 Å². The van der Waals surface area contributed by atoms with E-state index < -0.39 is 0 Å². The minimum Gasteiger partial charge on any atom is -0.458 e. The van der Waals surface area contributed by atoms with Crippen LogP contribution in [-0.4, -0.2) is 16.3 Å². The number of imidazole rings is 1. The molecule has 46 heavy (non-hydrogen) atoms. The van der Waals surface area contributed by atoms with E-state index in [0.717, 1.165) is 61.8 Å². The van der Waals surface area contributed by atoms with Crippen LogP contribution in [0.25, 0.3) is 38.9 Å². The molecule has 0 amide bonds. The summed E-state index contributed by atoms with van der Waals surface area (Å²) in [5.74, 6) is 5.06. The molecule has 0 aliphatic carbocycles. The lowest BCUT2D eigenvalue weighted by Crippen LogP contribution is -2.57. The number of hydrogen-bond donors (Lipinski definition) is 0. The van der Waals surface area contributed by atoms with Crippen LogP contribution in [0.15, 0.2) is 115 Å². The Hall–Kier alpha value is -5.29. The van der Waals surface area contributed by atoms with Crippen molar-refractivity contribution in [3.63, 3.8) is 0 Å². The molecule has 0 radical (unpaired) electrons. The van der Waals surface area contributed by atoms with Crippen LogP contribution in [0.1, 0.15) is 50.7 Å². The van der Waals surface area contributed by atoms with Gasteiger partial charge in [-0.25, -0.2) is 4.98 Å². The molecule has 222 valence electrons. The van der Waals surface area contributed by atoms with Crippen molar-refractivity contribution in [3.8, 4) is 40.1 Å². The van der Waals surface area contributed by atoms with Gasteiger partial charge in [-0.3, -0.25) is 4.57 Å². The van der Waals surface area contributed by atoms with Gasteiger partial charge < -0.3 is 9.47 Å².